The fourth-order valence-electron chi connectivity index (χ4n) is 1.56. The Kier molecular flexibility index (Phi) is 3.49. The average Bonchev–Trinajstić information content (AvgIpc) is 2.09. The number of hydrogen-bond donors (Lipinski definition) is 1. The molecule has 0 radical (unpaired) electrons. The standard InChI is InChI=1S/C12H18O/c1-9-7-11(3)12(5-4-6-13)8-10(9)2/h7-8,13H,4-6H2,1-3H3. The van der Waals surface area contributed by atoms with Crippen LogP contribution in [0.3, 0.4) is 0 Å². The van der Waals surface area contributed by atoms with Crippen LogP contribution < -0.4 is 0 Å². The molecule has 72 valence electrons. The molecule has 0 amide bonds. The summed E-state index contributed by atoms with van der Waals surface area (Å²) in [7, 11) is 0. The molecular weight excluding hydrogens is 160 g/mol. The van der Waals surface area contributed by atoms with E-state index in [-0.39, 0.29) is 6.61 Å². The van der Waals surface area contributed by atoms with Gasteiger partial charge in [-0.1, -0.05) is 12.1 Å². The van der Waals surface area contributed by atoms with Gasteiger partial charge >= 0.3 is 0 Å². The van der Waals surface area contributed by atoms with Crippen LogP contribution >= 0.6 is 0 Å². The Labute approximate surface area is 80.4 Å². The predicted molar refractivity (Wildman–Crippen MR) is 56.1 cm³/mol. The highest BCUT2D eigenvalue weighted by atomic mass is 16.2. The minimum atomic E-state index is 0.284. The van der Waals surface area contributed by atoms with Crippen LogP contribution in [-0.2, 0) is 6.42 Å². The van der Waals surface area contributed by atoms with E-state index < -0.39 is 0 Å². The quantitative estimate of drug-likeness (QED) is 0.754. The van der Waals surface area contributed by atoms with Crippen LogP contribution in [0.2, 0.25) is 0 Å². The van der Waals surface area contributed by atoms with Crippen molar-refractivity contribution < 1.29 is 5.11 Å². The number of rotatable bonds is 3. The van der Waals surface area contributed by atoms with E-state index in [9.17, 15) is 0 Å². The van der Waals surface area contributed by atoms with E-state index >= 15 is 0 Å². The summed E-state index contributed by atoms with van der Waals surface area (Å²) in [6.45, 7) is 6.70. The average molecular weight is 178 g/mol. The molecule has 0 bridgehead atoms. The van der Waals surface area contributed by atoms with Crippen molar-refractivity contribution in [2.75, 3.05) is 6.61 Å². The van der Waals surface area contributed by atoms with Crippen molar-refractivity contribution in [2.24, 2.45) is 0 Å². The molecule has 13 heavy (non-hydrogen) atoms. The van der Waals surface area contributed by atoms with Gasteiger partial charge < -0.3 is 5.11 Å². The molecule has 1 N–H and O–H groups in total. The summed E-state index contributed by atoms with van der Waals surface area (Å²) in [4.78, 5) is 0. The highest BCUT2D eigenvalue weighted by Gasteiger charge is 2.00. The maximum absolute atomic E-state index is 8.74. The molecule has 0 aliphatic rings. The van der Waals surface area contributed by atoms with Gasteiger partial charge in [-0.25, -0.2) is 0 Å². The van der Waals surface area contributed by atoms with Crippen LogP contribution in [0.5, 0.6) is 0 Å². The fourth-order valence-corrected chi connectivity index (χ4v) is 1.56. The van der Waals surface area contributed by atoms with Gasteiger partial charge in [0.15, 0.2) is 0 Å². The van der Waals surface area contributed by atoms with Crippen molar-refractivity contribution in [3.63, 3.8) is 0 Å². The highest BCUT2D eigenvalue weighted by molar-refractivity contribution is 5.36. The zero-order valence-electron chi connectivity index (χ0n) is 8.72. The third kappa shape index (κ3) is 2.56. The summed E-state index contributed by atoms with van der Waals surface area (Å²) >= 11 is 0. The van der Waals surface area contributed by atoms with Gasteiger partial charge in [-0.15, -0.1) is 0 Å². The maximum atomic E-state index is 8.74. The van der Waals surface area contributed by atoms with Crippen molar-refractivity contribution in [3.05, 3.63) is 34.4 Å². The van der Waals surface area contributed by atoms with Crippen molar-refractivity contribution in [1.82, 2.24) is 0 Å². The van der Waals surface area contributed by atoms with E-state index in [1.807, 2.05) is 0 Å². The Morgan fingerprint density at radius 3 is 2.23 bits per heavy atom. The summed E-state index contributed by atoms with van der Waals surface area (Å²) < 4.78 is 0. The van der Waals surface area contributed by atoms with Gasteiger partial charge in [0.1, 0.15) is 0 Å². The largest absolute Gasteiger partial charge is 0.396 e. The van der Waals surface area contributed by atoms with Gasteiger partial charge in [0.25, 0.3) is 0 Å². The van der Waals surface area contributed by atoms with Gasteiger partial charge in [-0.2, -0.15) is 0 Å². The molecule has 1 nitrogen and oxygen atoms in total. The summed E-state index contributed by atoms with van der Waals surface area (Å²) in [6.07, 6.45) is 1.85. The molecule has 0 saturated carbocycles. The van der Waals surface area contributed by atoms with Crippen LogP contribution in [0.4, 0.5) is 0 Å². The zero-order valence-corrected chi connectivity index (χ0v) is 8.72. The Balaban J connectivity index is 2.88. The van der Waals surface area contributed by atoms with Gasteiger partial charge in [-0.3, -0.25) is 0 Å². The second-order valence-electron chi connectivity index (χ2n) is 3.69. The lowest BCUT2D eigenvalue weighted by molar-refractivity contribution is 0.288. The van der Waals surface area contributed by atoms with Crippen LogP contribution in [0.1, 0.15) is 28.7 Å². The number of aliphatic hydroxyl groups excluding tert-OH is 1. The van der Waals surface area contributed by atoms with Crippen LogP contribution in [0.25, 0.3) is 0 Å². The Morgan fingerprint density at radius 2 is 1.62 bits per heavy atom. The van der Waals surface area contributed by atoms with E-state index in [1.165, 1.54) is 22.3 Å². The molecule has 0 unspecified atom stereocenters. The van der Waals surface area contributed by atoms with Gasteiger partial charge in [0, 0.05) is 6.61 Å². The maximum Gasteiger partial charge on any atom is 0.0434 e. The minimum Gasteiger partial charge on any atom is -0.396 e. The highest BCUT2D eigenvalue weighted by Crippen LogP contribution is 2.16. The third-order valence-corrected chi connectivity index (χ3v) is 2.56. The van der Waals surface area contributed by atoms with Gasteiger partial charge in [-0.05, 0) is 55.9 Å². The van der Waals surface area contributed by atoms with E-state index in [2.05, 4.69) is 32.9 Å². The molecule has 0 spiro atoms. The molecule has 0 saturated heterocycles. The van der Waals surface area contributed by atoms with E-state index in [0.29, 0.717) is 0 Å². The van der Waals surface area contributed by atoms with Gasteiger partial charge in [0.05, 0.1) is 0 Å². The van der Waals surface area contributed by atoms with Crippen LogP contribution in [-0.4, -0.2) is 11.7 Å². The molecule has 0 fully saturated rings. The lowest BCUT2D eigenvalue weighted by Crippen LogP contribution is -1.95. The molecule has 1 aromatic rings. The van der Waals surface area contributed by atoms with Crippen molar-refractivity contribution >= 4 is 0 Å². The smallest absolute Gasteiger partial charge is 0.0434 e. The Bertz CT molecular complexity index is 289. The Hall–Kier alpha value is -0.820. The first kappa shape index (κ1) is 10.3. The molecule has 0 aliphatic heterocycles. The van der Waals surface area contributed by atoms with E-state index in [0.717, 1.165) is 12.8 Å². The molecule has 1 aromatic carbocycles. The van der Waals surface area contributed by atoms with Crippen LogP contribution in [0.15, 0.2) is 12.1 Å². The van der Waals surface area contributed by atoms with Crippen LogP contribution in [0, 0.1) is 20.8 Å². The number of hydrogen-bond acceptors (Lipinski definition) is 1. The first-order chi connectivity index (χ1) is 6.15. The van der Waals surface area contributed by atoms with Gasteiger partial charge in [0.2, 0.25) is 0 Å². The molecular formula is C12H18O. The second-order valence-corrected chi connectivity index (χ2v) is 3.69. The first-order valence-electron chi connectivity index (χ1n) is 4.82. The lowest BCUT2D eigenvalue weighted by Gasteiger charge is -2.08. The Morgan fingerprint density at radius 1 is 1.00 bits per heavy atom. The lowest BCUT2D eigenvalue weighted by atomic mass is 9.98. The van der Waals surface area contributed by atoms with E-state index in [4.69, 9.17) is 5.11 Å². The molecule has 0 atom stereocenters. The topological polar surface area (TPSA) is 20.2 Å². The zero-order chi connectivity index (χ0) is 9.84. The first-order valence-corrected chi connectivity index (χ1v) is 4.82. The summed E-state index contributed by atoms with van der Waals surface area (Å²) in [6, 6.07) is 4.46. The van der Waals surface area contributed by atoms with E-state index in [1.54, 1.807) is 0 Å². The monoisotopic (exact) mass is 178 g/mol. The third-order valence-electron chi connectivity index (χ3n) is 2.56. The van der Waals surface area contributed by atoms with Crippen molar-refractivity contribution in [3.8, 4) is 0 Å². The van der Waals surface area contributed by atoms with Crippen molar-refractivity contribution in [2.45, 2.75) is 33.6 Å². The molecule has 1 rings (SSSR count). The summed E-state index contributed by atoms with van der Waals surface area (Å²) in [5.74, 6) is 0. The number of benzene rings is 1. The normalized spacial score (nSPS) is 10.5. The predicted octanol–water partition coefficient (Wildman–Crippen LogP) is 2.54. The number of aryl methyl sites for hydroxylation is 4. The molecule has 0 heterocycles. The second kappa shape index (κ2) is 4.43. The number of aliphatic hydroxyl groups is 1. The summed E-state index contributed by atoms with van der Waals surface area (Å²) in [5, 5.41) is 8.74. The molecule has 0 aromatic heterocycles. The van der Waals surface area contributed by atoms with Crippen molar-refractivity contribution in [1.29, 1.82) is 0 Å². The fraction of sp³-hybridized carbons (Fsp3) is 0.500. The molecule has 1 heteroatoms. The minimum absolute atomic E-state index is 0.284. The summed E-state index contributed by atoms with van der Waals surface area (Å²) in [5.41, 5.74) is 5.41. The molecule has 0 aliphatic carbocycles. The SMILES string of the molecule is Cc1cc(C)c(CCCO)cc1C.